The molecule has 1 unspecified atom stereocenters. The molecule has 132 valence electrons. The third-order valence-electron chi connectivity index (χ3n) is 5.44. The van der Waals surface area contributed by atoms with E-state index in [4.69, 9.17) is 16.3 Å². The van der Waals surface area contributed by atoms with Gasteiger partial charge in [-0.25, -0.2) is 9.34 Å². The summed E-state index contributed by atoms with van der Waals surface area (Å²) in [5, 5.41) is 0. The number of nitrogens with zero attached hydrogens (tertiary/aromatic N) is 2. The molecule has 1 aliphatic carbocycles. The molecule has 3 nitrogen and oxygen atoms in total. The van der Waals surface area contributed by atoms with Crippen LogP contribution in [0.3, 0.4) is 0 Å². The Balaban J connectivity index is 1.90. The normalized spacial score (nSPS) is 29.0. The Morgan fingerprint density at radius 3 is 2.38 bits per heavy atom. The molecule has 1 aromatic carbocycles. The maximum atomic E-state index is 6.69. The molecule has 2 fully saturated rings. The minimum absolute atomic E-state index is 0.0780. The second-order valence-corrected chi connectivity index (χ2v) is 10.9. The summed E-state index contributed by atoms with van der Waals surface area (Å²) in [7, 11) is 4.35. The van der Waals surface area contributed by atoms with Crippen molar-refractivity contribution in [2.24, 2.45) is 0 Å². The molecular formula is C19H29N2OPS. The maximum Gasteiger partial charge on any atom is 0.204 e. The van der Waals surface area contributed by atoms with Crippen molar-refractivity contribution >= 4 is 18.4 Å². The predicted molar refractivity (Wildman–Crippen MR) is 106 cm³/mol. The zero-order valence-corrected chi connectivity index (χ0v) is 16.9. The zero-order chi connectivity index (χ0) is 17.3. The van der Waals surface area contributed by atoms with Crippen molar-refractivity contribution in [3.8, 4) is 0 Å². The number of likely N-dealkylation sites (N-methyl/N-ethyl adjacent to an activating group) is 2. The van der Waals surface area contributed by atoms with E-state index in [0.29, 0.717) is 12.1 Å². The standard InChI is InChI=1S/C19H29N2OPS/c1-5-9-19(16-11-8-10-15(2)14-16)22-23(24)20(3)17-12-6-7-13-18(17)21(23)4/h5,8-11,14,17-19H,6-7,12-13H2,1-4H3/b9-5+/t17-,18-,19?/m0/s1. The highest BCUT2D eigenvalue weighted by atomic mass is 32.5. The third-order valence-corrected chi connectivity index (χ3v) is 9.93. The van der Waals surface area contributed by atoms with Gasteiger partial charge in [0.25, 0.3) is 0 Å². The van der Waals surface area contributed by atoms with Crippen LogP contribution in [0.4, 0.5) is 0 Å². The average molecular weight is 364 g/mol. The van der Waals surface area contributed by atoms with Gasteiger partial charge in [0.2, 0.25) is 6.57 Å². The Hall–Kier alpha value is -0.510. The number of hydrogen-bond donors (Lipinski definition) is 0. The van der Waals surface area contributed by atoms with Crippen LogP contribution in [0.15, 0.2) is 36.4 Å². The van der Waals surface area contributed by atoms with E-state index >= 15 is 0 Å². The van der Waals surface area contributed by atoms with E-state index in [-0.39, 0.29) is 6.10 Å². The summed E-state index contributed by atoms with van der Waals surface area (Å²) in [6, 6.07) is 9.67. The molecule has 1 saturated heterocycles. The zero-order valence-electron chi connectivity index (χ0n) is 15.2. The number of allylic oxidation sites excluding steroid dienone is 1. The highest BCUT2D eigenvalue weighted by molar-refractivity contribution is 8.10. The maximum absolute atomic E-state index is 6.69. The number of fused-ring (bicyclic) bond motifs is 1. The quantitative estimate of drug-likeness (QED) is 0.549. The number of aryl methyl sites for hydroxylation is 1. The fourth-order valence-corrected chi connectivity index (χ4v) is 7.61. The molecule has 0 bridgehead atoms. The lowest BCUT2D eigenvalue weighted by Gasteiger charge is -2.33. The van der Waals surface area contributed by atoms with Crippen molar-refractivity contribution in [2.75, 3.05) is 14.1 Å². The first-order valence-electron chi connectivity index (χ1n) is 8.92. The molecule has 0 radical (unpaired) electrons. The Labute approximate surface area is 151 Å². The van der Waals surface area contributed by atoms with Gasteiger partial charge >= 0.3 is 0 Å². The Kier molecular flexibility index (Phi) is 5.63. The Morgan fingerprint density at radius 1 is 1.21 bits per heavy atom. The molecule has 3 atom stereocenters. The second-order valence-electron chi connectivity index (χ2n) is 7.02. The first-order chi connectivity index (χ1) is 11.5. The molecule has 1 aromatic rings. The molecule has 1 aliphatic heterocycles. The van der Waals surface area contributed by atoms with Gasteiger partial charge in [-0.15, -0.1) is 0 Å². The van der Waals surface area contributed by atoms with Gasteiger partial charge in [0.05, 0.1) is 0 Å². The van der Waals surface area contributed by atoms with Crippen molar-refractivity contribution < 1.29 is 4.52 Å². The molecule has 24 heavy (non-hydrogen) atoms. The minimum atomic E-state index is -2.18. The van der Waals surface area contributed by atoms with Crippen molar-refractivity contribution in [1.29, 1.82) is 0 Å². The molecule has 0 aromatic heterocycles. The summed E-state index contributed by atoms with van der Waals surface area (Å²) in [4.78, 5) is 0. The summed E-state index contributed by atoms with van der Waals surface area (Å²) >= 11 is 6.16. The highest BCUT2D eigenvalue weighted by Crippen LogP contribution is 2.64. The van der Waals surface area contributed by atoms with Gasteiger partial charge in [-0.2, -0.15) is 0 Å². The lowest BCUT2D eigenvalue weighted by molar-refractivity contribution is 0.233. The molecule has 2 aliphatic rings. The summed E-state index contributed by atoms with van der Waals surface area (Å²) < 4.78 is 11.5. The molecule has 0 spiro atoms. The van der Waals surface area contributed by atoms with Gasteiger partial charge < -0.3 is 4.52 Å². The van der Waals surface area contributed by atoms with Crippen LogP contribution in [-0.2, 0) is 16.3 Å². The summed E-state index contributed by atoms with van der Waals surface area (Å²) in [6.07, 6.45) is 9.23. The van der Waals surface area contributed by atoms with E-state index in [9.17, 15) is 0 Å². The predicted octanol–water partition coefficient (Wildman–Crippen LogP) is 5.04. The minimum Gasteiger partial charge on any atom is -0.314 e. The van der Waals surface area contributed by atoms with Gasteiger partial charge in [-0.3, -0.25) is 0 Å². The number of benzene rings is 1. The molecule has 1 heterocycles. The number of hydrogen-bond acceptors (Lipinski definition) is 2. The van der Waals surface area contributed by atoms with Gasteiger partial charge in [-0.05, 0) is 58.2 Å². The van der Waals surface area contributed by atoms with Crippen LogP contribution in [0.5, 0.6) is 0 Å². The van der Waals surface area contributed by atoms with Crippen LogP contribution in [0.1, 0.15) is 49.8 Å². The molecule has 1 saturated carbocycles. The van der Waals surface area contributed by atoms with Crippen LogP contribution in [0.2, 0.25) is 0 Å². The Bertz CT molecular complexity index is 641. The van der Waals surface area contributed by atoms with Crippen LogP contribution in [0, 0.1) is 6.92 Å². The first kappa shape index (κ1) is 18.3. The summed E-state index contributed by atoms with van der Waals surface area (Å²) in [5.74, 6) is 0. The van der Waals surface area contributed by atoms with Crippen molar-refractivity contribution in [3.05, 3.63) is 47.5 Å². The molecule has 0 N–H and O–H groups in total. The van der Waals surface area contributed by atoms with E-state index < -0.39 is 6.57 Å². The number of rotatable bonds is 4. The van der Waals surface area contributed by atoms with E-state index in [1.807, 2.05) is 6.92 Å². The highest BCUT2D eigenvalue weighted by Gasteiger charge is 2.50. The third kappa shape index (κ3) is 3.27. The van der Waals surface area contributed by atoms with Gasteiger partial charge in [-0.1, -0.05) is 54.8 Å². The van der Waals surface area contributed by atoms with Gasteiger partial charge in [0, 0.05) is 12.1 Å². The van der Waals surface area contributed by atoms with E-state index in [0.717, 1.165) is 0 Å². The fourth-order valence-electron chi connectivity index (χ4n) is 4.09. The molecule has 3 rings (SSSR count). The van der Waals surface area contributed by atoms with Crippen LogP contribution >= 0.6 is 6.57 Å². The first-order valence-corrected chi connectivity index (χ1v) is 11.5. The van der Waals surface area contributed by atoms with Crippen molar-refractivity contribution in [3.63, 3.8) is 0 Å². The van der Waals surface area contributed by atoms with Crippen LogP contribution in [-0.4, -0.2) is 35.5 Å². The Morgan fingerprint density at radius 2 is 1.83 bits per heavy atom. The summed E-state index contributed by atoms with van der Waals surface area (Å²) in [6.45, 7) is 1.99. The average Bonchev–Trinajstić information content (AvgIpc) is 2.77. The monoisotopic (exact) mass is 364 g/mol. The van der Waals surface area contributed by atoms with Crippen LogP contribution in [0.25, 0.3) is 0 Å². The topological polar surface area (TPSA) is 15.7 Å². The second kappa shape index (κ2) is 7.39. The molecule has 5 heteroatoms. The smallest absolute Gasteiger partial charge is 0.204 e. The van der Waals surface area contributed by atoms with Gasteiger partial charge in [0.1, 0.15) is 6.10 Å². The van der Waals surface area contributed by atoms with E-state index in [1.54, 1.807) is 0 Å². The largest absolute Gasteiger partial charge is 0.314 e. The van der Waals surface area contributed by atoms with E-state index in [1.165, 1.54) is 36.8 Å². The summed E-state index contributed by atoms with van der Waals surface area (Å²) in [5.41, 5.74) is 2.44. The van der Waals surface area contributed by atoms with Gasteiger partial charge in [0.15, 0.2) is 0 Å². The molecule has 0 amide bonds. The SMILES string of the molecule is C/C=C/C(OP1(=S)N(C)[C@H]2CCCC[C@@H]2N1C)c1cccc(C)c1. The van der Waals surface area contributed by atoms with Crippen molar-refractivity contribution in [2.45, 2.75) is 57.7 Å². The molecular weight excluding hydrogens is 335 g/mol. The fraction of sp³-hybridized carbons (Fsp3) is 0.579. The van der Waals surface area contributed by atoms with E-state index in [2.05, 4.69) is 66.8 Å². The van der Waals surface area contributed by atoms with Crippen LogP contribution < -0.4 is 0 Å². The van der Waals surface area contributed by atoms with Crippen molar-refractivity contribution in [1.82, 2.24) is 9.34 Å². The lowest BCUT2D eigenvalue weighted by Crippen LogP contribution is -2.37. The lowest BCUT2D eigenvalue weighted by atomic mass is 9.91.